The number of nitrogens with zero attached hydrogens (tertiary/aromatic N) is 3. The molecule has 9 heteroatoms. The summed E-state index contributed by atoms with van der Waals surface area (Å²) in [4.78, 5) is 31.7. The molecule has 6 nitrogen and oxygen atoms in total. The summed E-state index contributed by atoms with van der Waals surface area (Å²) in [5.74, 6) is -0.560. The van der Waals surface area contributed by atoms with Gasteiger partial charge < -0.3 is 14.2 Å². The largest absolute Gasteiger partial charge is 0.466 e. The average Bonchev–Trinajstić information content (AvgIpc) is 3.11. The predicted molar refractivity (Wildman–Crippen MR) is 125 cm³/mol. The van der Waals surface area contributed by atoms with Gasteiger partial charge in [-0.05, 0) is 43.5 Å². The van der Waals surface area contributed by atoms with Crippen LogP contribution in [0.15, 0.2) is 36.4 Å². The number of halogens is 3. The van der Waals surface area contributed by atoms with Crippen molar-refractivity contribution in [1.29, 1.82) is 0 Å². The molecule has 0 bridgehead atoms. The van der Waals surface area contributed by atoms with Crippen LogP contribution < -0.4 is 0 Å². The molecular formula is C24H24Cl2FN3O3. The maximum Gasteiger partial charge on any atom is 0.310 e. The number of imidazole rings is 1. The van der Waals surface area contributed by atoms with Gasteiger partial charge in [0.05, 0.1) is 33.6 Å². The number of hydrogen-bond donors (Lipinski definition) is 0. The topological polar surface area (TPSA) is 64.4 Å². The van der Waals surface area contributed by atoms with Crippen LogP contribution in [0, 0.1) is 11.7 Å². The van der Waals surface area contributed by atoms with Crippen LogP contribution in [0.1, 0.15) is 31.2 Å². The second-order valence-electron chi connectivity index (χ2n) is 8.07. The summed E-state index contributed by atoms with van der Waals surface area (Å²) in [5, 5.41) is 0.696. The third-order valence-electron chi connectivity index (χ3n) is 5.86. The zero-order valence-electron chi connectivity index (χ0n) is 18.2. The Labute approximate surface area is 201 Å². The Morgan fingerprint density at radius 1 is 1.21 bits per heavy atom. The summed E-state index contributed by atoms with van der Waals surface area (Å²) in [7, 11) is 0. The van der Waals surface area contributed by atoms with Gasteiger partial charge in [-0.25, -0.2) is 9.37 Å². The summed E-state index contributed by atoms with van der Waals surface area (Å²) in [6.07, 6.45) is 1.63. The van der Waals surface area contributed by atoms with Gasteiger partial charge in [0.2, 0.25) is 5.91 Å². The molecule has 174 valence electrons. The molecule has 33 heavy (non-hydrogen) atoms. The van der Waals surface area contributed by atoms with E-state index in [-0.39, 0.29) is 36.6 Å². The molecule has 1 aliphatic rings. The molecule has 1 fully saturated rings. The van der Waals surface area contributed by atoms with E-state index in [0.29, 0.717) is 58.6 Å². The fourth-order valence-electron chi connectivity index (χ4n) is 4.18. The molecule has 2 heterocycles. The Morgan fingerprint density at radius 2 is 1.97 bits per heavy atom. The lowest BCUT2D eigenvalue weighted by Crippen LogP contribution is -2.44. The minimum Gasteiger partial charge on any atom is -0.466 e. The lowest BCUT2D eigenvalue weighted by atomic mass is 9.98. The fourth-order valence-corrected chi connectivity index (χ4v) is 4.50. The summed E-state index contributed by atoms with van der Waals surface area (Å²) >= 11 is 12.4. The van der Waals surface area contributed by atoms with Crippen LogP contribution in [0.2, 0.25) is 10.0 Å². The number of ether oxygens (including phenoxy) is 1. The molecule has 1 saturated heterocycles. The van der Waals surface area contributed by atoms with Crippen molar-refractivity contribution < 1.29 is 18.7 Å². The molecule has 1 atom stereocenters. The van der Waals surface area contributed by atoms with Gasteiger partial charge in [0.1, 0.15) is 18.2 Å². The highest BCUT2D eigenvalue weighted by Gasteiger charge is 2.30. The van der Waals surface area contributed by atoms with Crippen LogP contribution >= 0.6 is 23.2 Å². The molecule has 0 aliphatic carbocycles. The Morgan fingerprint density at radius 3 is 2.73 bits per heavy atom. The van der Waals surface area contributed by atoms with E-state index in [2.05, 4.69) is 4.98 Å². The molecule has 3 aromatic rings. The van der Waals surface area contributed by atoms with E-state index in [1.807, 2.05) is 0 Å². The molecule has 0 N–H and O–H groups in total. The third-order valence-corrected chi connectivity index (χ3v) is 6.59. The minimum absolute atomic E-state index is 0.00616. The summed E-state index contributed by atoms with van der Waals surface area (Å²) in [6, 6.07) is 9.78. The Kier molecular flexibility index (Phi) is 7.20. The highest BCUT2D eigenvalue weighted by atomic mass is 35.5. The zero-order chi connectivity index (χ0) is 23.5. The third kappa shape index (κ3) is 5.14. The number of esters is 1. The Bertz CT molecular complexity index is 1200. The van der Waals surface area contributed by atoms with Gasteiger partial charge in [0.15, 0.2) is 0 Å². The van der Waals surface area contributed by atoms with Crippen molar-refractivity contribution in [3.05, 3.63) is 63.6 Å². The van der Waals surface area contributed by atoms with Crippen LogP contribution in [0.3, 0.4) is 0 Å². The van der Waals surface area contributed by atoms with Crippen molar-refractivity contribution in [2.24, 2.45) is 5.92 Å². The Hall–Kier alpha value is -2.64. The van der Waals surface area contributed by atoms with E-state index < -0.39 is 0 Å². The summed E-state index contributed by atoms with van der Waals surface area (Å²) < 4.78 is 21.2. The molecule has 1 aliphatic heterocycles. The lowest BCUT2D eigenvalue weighted by molar-refractivity contribution is -0.151. The van der Waals surface area contributed by atoms with Gasteiger partial charge in [-0.2, -0.15) is 0 Å². The number of aromatic nitrogens is 2. The maximum atomic E-state index is 14.3. The van der Waals surface area contributed by atoms with Gasteiger partial charge in [0.25, 0.3) is 0 Å². The SMILES string of the molecule is CCOC(=O)[C@H]1CCCN(C(=O)Cn2c(Cc3ccccc3F)nc3cc(Cl)c(Cl)cc32)C1. The maximum absolute atomic E-state index is 14.3. The van der Waals surface area contributed by atoms with E-state index in [1.165, 1.54) is 6.07 Å². The second-order valence-corrected chi connectivity index (χ2v) is 8.88. The first-order chi connectivity index (χ1) is 15.9. The molecule has 4 rings (SSSR count). The van der Waals surface area contributed by atoms with Crippen molar-refractivity contribution in [3.63, 3.8) is 0 Å². The normalized spacial score (nSPS) is 16.2. The number of piperidine rings is 1. The van der Waals surface area contributed by atoms with Crippen molar-refractivity contribution >= 4 is 46.1 Å². The van der Waals surface area contributed by atoms with Crippen molar-refractivity contribution in [2.75, 3.05) is 19.7 Å². The Balaban J connectivity index is 1.64. The van der Waals surface area contributed by atoms with E-state index >= 15 is 0 Å². The number of likely N-dealkylation sites (tertiary alicyclic amines) is 1. The van der Waals surface area contributed by atoms with Crippen LogP contribution in [-0.2, 0) is 27.3 Å². The number of fused-ring (bicyclic) bond motifs is 1. The van der Waals surface area contributed by atoms with E-state index in [4.69, 9.17) is 27.9 Å². The predicted octanol–water partition coefficient (Wildman–Crippen LogP) is 4.87. The molecular weight excluding hydrogens is 468 g/mol. The van der Waals surface area contributed by atoms with Crippen LogP contribution in [-0.4, -0.2) is 46.0 Å². The monoisotopic (exact) mass is 491 g/mol. The van der Waals surface area contributed by atoms with Gasteiger partial charge >= 0.3 is 5.97 Å². The van der Waals surface area contributed by atoms with E-state index in [0.717, 1.165) is 6.42 Å². The number of hydrogen-bond acceptors (Lipinski definition) is 4. The molecule has 0 unspecified atom stereocenters. The average molecular weight is 492 g/mol. The fraction of sp³-hybridized carbons (Fsp3) is 0.375. The smallest absolute Gasteiger partial charge is 0.310 e. The first-order valence-corrected chi connectivity index (χ1v) is 11.6. The van der Waals surface area contributed by atoms with Crippen molar-refractivity contribution in [1.82, 2.24) is 14.5 Å². The first-order valence-electron chi connectivity index (χ1n) is 10.9. The van der Waals surface area contributed by atoms with Gasteiger partial charge in [0, 0.05) is 19.5 Å². The molecule has 1 aromatic heterocycles. The molecule has 0 radical (unpaired) electrons. The number of benzene rings is 2. The van der Waals surface area contributed by atoms with Crippen molar-refractivity contribution in [2.45, 2.75) is 32.7 Å². The molecule has 2 aromatic carbocycles. The quantitative estimate of drug-likeness (QED) is 0.461. The van der Waals surface area contributed by atoms with Crippen LogP contribution in [0.5, 0.6) is 0 Å². The highest BCUT2D eigenvalue weighted by Crippen LogP contribution is 2.29. The number of rotatable bonds is 6. The number of carbonyl (C=O) groups excluding carboxylic acids is 2. The molecule has 0 saturated carbocycles. The standard InChI is InChI=1S/C24H24Cl2FN3O3/c1-2-33-24(32)16-7-5-9-29(13-16)23(31)14-30-21-12-18(26)17(25)11-20(21)28-22(30)10-15-6-3-4-8-19(15)27/h3-4,6,8,11-12,16H,2,5,7,9-10,13-14H2,1H3/t16-/m0/s1. The van der Waals surface area contributed by atoms with Crippen molar-refractivity contribution in [3.8, 4) is 0 Å². The summed E-state index contributed by atoms with van der Waals surface area (Å²) in [5.41, 5.74) is 1.69. The molecule has 0 spiro atoms. The van der Waals surface area contributed by atoms with Gasteiger partial charge in [-0.15, -0.1) is 0 Å². The molecule has 1 amide bonds. The van der Waals surface area contributed by atoms with E-state index in [1.54, 1.807) is 46.7 Å². The van der Waals surface area contributed by atoms with E-state index in [9.17, 15) is 14.0 Å². The first kappa shape index (κ1) is 23.5. The van der Waals surface area contributed by atoms with Crippen LogP contribution in [0.25, 0.3) is 11.0 Å². The van der Waals surface area contributed by atoms with Gasteiger partial charge in [-0.3, -0.25) is 9.59 Å². The zero-order valence-corrected chi connectivity index (χ0v) is 19.7. The minimum atomic E-state index is -0.341. The van der Waals surface area contributed by atoms with Crippen LogP contribution in [0.4, 0.5) is 4.39 Å². The number of amides is 1. The van der Waals surface area contributed by atoms with Gasteiger partial charge in [-0.1, -0.05) is 41.4 Å². The second kappa shape index (κ2) is 10.1. The number of carbonyl (C=O) groups is 2. The summed E-state index contributed by atoms with van der Waals surface area (Å²) in [6.45, 7) is 2.96. The lowest BCUT2D eigenvalue weighted by Gasteiger charge is -2.31. The highest BCUT2D eigenvalue weighted by molar-refractivity contribution is 6.42.